The zero-order valence-electron chi connectivity index (χ0n) is 10.0. The van der Waals surface area contributed by atoms with Crippen molar-refractivity contribution in [2.45, 2.75) is 13.5 Å². The molecule has 0 unspecified atom stereocenters. The lowest BCUT2D eigenvalue weighted by Gasteiger charge is -2.09. The van der Waals surface area contributed by atoms with Gasteiger partial charge in [0.05, 0.1) is 19.9 Å². The number of carbonyl (C=O) groups is 1. The van der Waals surface area contributed by atoms with Gasteiger partial charge in [-0.2, -0.15) is 0 Å². The molecule has 0 bridgehead atoms. The van der Waals surface area contributed by atoms with Crippen LogP contribution in [0.2, 0.25) is 0 Å². The summed E-state index contributed by atoms with van der Waals surface area (Å²) in [4.78, 5) is 27.7. The molecule has 2 aromatic rings. The van der Waals surface area contributed by atoms with Crippen LogP contribution in [0.1, 0.15) is 16.2 Å². The van der Waals surface area contributed by atoms with E-state index in [-0.39, 0.29) is 29.7 Å². The summed E-state index contributed by atoms with van der Waals surface area (Å²) in [6.07, 6.45) is 1.40. The number of hydrogen-bond donors (Lipinski definition) is 0. The van der Waals surface area contributed by atoms with Crippen LogP contribution in [0.25, 0.3) is 0 Å². The molecule has 2 rings (SSSR count). The molecule has 6 heteroatoms. The third kappa shape index (κ3) is 2.32. The van der Waals surface area contributed by atoms with Crippen LogP contribution in [0.15, 0.2) is 33.7 Å². The van der Waals surface area contributed by atoms with Crippen molar-refractivity contribution in [2.24, 2.45) is 0 Å². The van der Waals surface area contributed by atoms with E-state index in [1.165, 1.54) is 19.4 Å². The fraction of sp³-hybridized carbons (Fsp3) is 0.250. The smallest absolute Gasteiger partial charge is 0.299 e. The summed E-state index contributed by atoms with van der Waals surface area (Å²) in [5, 5.41) is 0. The van der Waals surface area contributed by atoms with Gasteiger partial charge in [0, 0.05) is 11.8 Å². The number of aromatic nitrogens is 2. The zero-order valence-corrected chi connectivity index (χ0v) is 10.0. The van der Waals surface area contributed by atoms with E-state index < -0.39 is 0 Å². The minimum absolute atomic E-state index is 0.111. The van der Waals surface area contributed by atoms with E-state index in [1.54, 1.807) is 19.1 Å². The van der Waals surface area contributed by atoms with Crippen molar-refractivity contribution in [1.82, 2.24) is 9.55 Å². The van der Waals surface area contributed by atoms with Crippen LogP contribution < -0.4 is 10.3 Å². The first kappa shape index (κ1) is 12.1. The van der Waals surface area contributed by atoms with Crippen LogP contribution in [0.3, 0.4) is 0 Å². The van der Waals surface area contributed by atoms with Crippen LogP contribution in [-0.2, 0) is 6.54 Å². The molecule has 2 aromatic heterocycles. The lowest BCUT2D eigenvalue weighted by Crippen LogP contribution is -2.26. The Morgan fingerprint density at radius 1 is 1.56 bits per heavy atom. The standard InChI is InChI=1S/C12H12N2O4/c1-8-6-11(16)14(12(13-8)17-2)7-9(15)10-4-3-5-18-10/h3-6H,7H2,1-2H3. The molecule has 2 heterocycles. The summed E-state index contributed by atoms with van der Waals surface area (Å²) in [6.45, 7) is 1.52. The molecule has 0 spiro atoms. The zero-order chi connectivity index (χ0) is 13.1. The number of Topliss-reactive ketones (excluding diaryl/α,β-unsaturated/α-hetero) is 1. The van der Waals surface area contributed by atoms with Crippen molar-refractivity contribution >= 4 is 5.78 Å². The number of rotatable bonds is 4. The lowest BCUT2D eigenvalue weighted by molar-refractivity contribution is 0.0938. The summed E-state index contributed by atoms with van der Waals surface area (Å²) < 4.78 is 11.1. The average molecular weight is 248 g/mol. The Kier molecular flexibility index (Phi) is 3.27. The SMILES string of the molecule is COc1nc(C)cc(=O)n1CC(=O)c1ccco1. The van der Waals surface area contributed by atoms with E-state index in [1.807, 2.05) is 0 Å². The molecule has 0 aliphatic rings. The highest BCUT2D eigenvalue weighted by Gasteiger charge is 2.14. The van der Waals surface area contributed by atoms with E-state index in [0.717, 1.165) is 4.57 Å². The molecular weight excluding hydrogens is 236 g/mol. The summed E-state index contributed by atoms with van der Waals surface area (Å²) >= 11 is 0. The number of furan rings is 1. The molecule has 18 heavy (non-hydrogen) atoms. The molecule has 94 valence electrons. The molecular formula is C12H12N2O4. The van der Waals surface area contributed by atoms with Gasteiger partial charge in [0.15, 0.2) is 5.76 Å². The molecule has 0 fully saturated rings. The number of nitrogens with zero attached hydrogens (tertiary/aromatic N) is 2. The van der Waals surface area contributed by atoms with Gasteiger partial charge in [-0.3, -0.25) is 14.2 Å². The van der Waals surface area contributed by atoms with E-state index >= 15 is 0 Å². The number of ether oxygens (including phenoxy) is 1. The minimum Gasteiger partial charge on any atom is -0.468 e. The first-order chi connectivity index (χ1) is 8.61. The second-order valence-electron chi connectivity index (χ2n) is 3.71. The Morgan fingerprint density at radius 3 is 2.94 bits per heavy atom. The topological polar surface area (TPSA) is 74.3 Å². The van der Waals surface area contributed by atoms with Gasteiger partial charge in [0.2, 0.25) is 5.78 Å². The Hall–Kier alpha value is -2.37. The number of carbonyl (C=O) groups excluding carboxylic acids is 1. The maximum absolute atomic E-state index is 11.8. The maximum atomic E-state index is 11.8. The van der Waals surface area contributed by atoms with Gasteiger partial charge in [0.1, 0.15) is 0 Å². The molecule has 0 aromatic carbocycles. The number of ketones is 1. The van der Waals surface area contributed by atoms with Crippen molar-refractivity contribution in [3.8, 4) is 6.01 Å². The number of methoxy groups -OCH3 is 1. The average Bonchev–Trinajstić information content (AvgIpc) is 2.85. The van der Waals surface area contributed by atoms with E-state index in [0.29, 0.717) is 5.69 Å². The van der Waals surface area contributed by atoms with E-state index in [4.69, 9.17) is 9.15 Å². The van der Waals surface area contributed by atoms with Crippen LogP contribution >= 0.6 is 0 Å². The van der Waals surface area contributed by atoms with Gasteiger partial charge in [-0.25, -0.2) is 4.98 Å². The highest BCUT2D eigenvalue weighted by molar-refractivity contribution is 5.93. The van der Waals surface area contributed by atoms with Crippen LogP contribution in [0.5, 0.6) is 6.01 Å². The van der Waals surface area contributed by atoms with Crippen molar-refractivity contribution < 1.29 is 13.9 Å². The van der Waals surface area contributed by atoms with Gasteiger partial charge in [-0.05, 0) is 19.1 Å². The van der Waals surface area contributed by atoms with E-state index in [2.05, 4.69) is 4.98 Å². The summed E-state index contributed by atoms with van der Waals surface area (Å²) in [5.41, 5.74) is 0.206. The Balaban J connectivity index is 2.35. The molecule has 6 nitrogen and oxygen atoms in total. The molecule has 0 aliphatic heterocycles. The highest BCUT2D eigenvalue weighted by Crippen LogP contribution is 2.08. The summed E-state index contributed by atoms with van der Waals surface area (Å²) in [7, 11) is 1.40. The first-order valence-electron chi connectivity index (χ1n) is 5.31. The van der Waals surface area contributed by atoms with E-state index in [9.17, 15) is 9.59 Å². The molecule has 0 saturated heterocycles. The van der Waals surface area contributed by atoms with Crippen molar-refractivity contribution in [3.05, 3.63) is 46.3 Å². The molecule has 0 amide bonds. The highest BCUT2D eigenvalue weighted by atomic mass is 16.5. The molecule has 0 radical (unpaired) electrons. The number of hydrogen-bond acceptors (Lipinski definition) is 5. The quantitative estimate of drug-likeness (QED) is 0.755. The molecule has 0 aliphatic carbocycles. The predicted molar refractivity (Wildman–Crippen MR) is 62.8 cm³/mol. The molecule has 0 saturated carbocycles. The van der Waals surface area contributed by atoms with Crippen LogP contribution in [0.4, 0.5) is 0 Å². The third-order valence-electron chi connectivity index (χ3n) is 2.38. The predicted octanol–water partition coefficient (Wildman–Crippen LogP) is 1.04. The van der Waals surface area contributed by atoms with Crippen molar-refractivity contribution in [3.63, 3.8) is 0 Å². The molecule has 0 atom stereocenters. The van der Waals surface area contributed by atoms with Gasteiger partial charge >= 0.3 is 0 Å². The number of aryl methyl sites for hydroxylation is 1. The fourth-order valence-electron chi connectivity index (χ4n) is 1.55. The monoisotopic (exact) mass is 248 g/mol. The van der Waals surface area contributed by atoms with Crippen molar-refractivity contribution in [2.75, 3.05) is 7.11 Å². The van der Waals surface area contributed by atoms with Gasteiger partial charge in [-0.15, -0.1) is 0 Å². The lowest BCUT2D eigenvalue weighted by atomic mass is 10.3. The largest absolute Gasteiger partial charge is 0.468 e. The summed E-state index contributed by atoms with van der Waals surface area (Å²) in [5.74, 6) is -0.115. The Bertz CT molecular complexity index is 614. The first-order valence-corrected chi connectivity index (χ1v) is 5.31. The minimum atomic E-state index is -0.334. The fourth-order valence-corrected chi connectivity index (χ4v) is 1.55. The van der Waals surface area contributed by atoms with Crippen LogP contribution in [0, 0.1) is 6.92 Å². The van der Waals surface area contributed by atoms with Crippen molar-refractivity contribution in [1.29, 1.82) is 0 Å². The Labute approximate surface area is 103 Å². The molecule has 0 N–H and O–H groups in total. The summed E-state index contributed by atoms with van der Waals surface area (Å²) in [6, 6.07) is 4.61. The van der Waals surface area contributed by atoms with Gasteiger partial charge in [-0.1, -0.05) is 0 Å². The second kappa shape index (κ2) is 4.87. The van der Waals surface area contributed by atoms with Gasteiger partial charge < -0.3 is 9.15 Å². The normalized spacial score (nSPS) is 10.3. The maximum Gasteiger partial charge on any atom is 0.299 e. The van der Waals surface area contributed by atoms with Gasteiger partial charge in [0.25, 0.3) is 11.6 Å². The van der Waals surface area contributed by atoms with Crippen LogP contribution in [-0.4, -0.2) is 22.4 Å². The second-order valence-corrected chi connectivity index (χ2v) is 3.71. The third-order valence-corrected chi connectivity index (χ3v) is 2.38. The Morgan fingerprint density at radius 2 is 2.33 bits per heavy atom.